The number of thioether (sulfide) groups is 2. The van der Waals surface area contributed by atoms with Crippen LogP contribution >= 0.6 is 35.1 Å². The summed E-state index contributed by atoms with van der Waals surface area (Å²) >= 11 is 9.42. The zero-order chi connectivity index (χ0) is 22.2. The zero-order valence-electron chi connectivity index (χ0n) is 17.6. The fraction of sp³-hybridized carbons (Fsp3) is 0.120. The molecule has 0 radical (unpaired) electrons. The monoisotopic (exact) mass is 477 g/mol. The first-order chi connectivity index (χ1) is 15.6. The van der Waals surface area contributed by atoms with Crippen molar-refractivity contribution >= 4 is 63.3 Å². The number of halogens is 1. The second-order valence-electron chi connectivity index (χ2n) is 7.38. The van der Waals surface area contributed by atoms with E-state index in [2.05, 4.69) is 24.0 Å². The Morgan fingerprint density at radius 1 is 0.969 bits per heavy atom. The Labute approximate surface area is 201 Å². The van der Waals surface area contributed by atoms with Gasteiger partial charge in [0.1, 0.15) is 9.93 Å². The fourth-order valence-corrected chi connectivity index (χ4v) is 6.30. The van der Waals surface area contributed by atoms with Crippen LogP contribution in [0.5, 0.6) is 0 Å². The number of rotatable bonds is 3. The molecule has 32 heavy (non-hydrogen) atoms. The Kier molecular flexibility index (Phi) is 5.76. The van der Waals surface area contributed by atoms with E-state index in [1.54, 1.807) is 22.7 Å². The summed E-state index contributed by atoms with van der Waals surface area (Å²) in [5.41, 5.74) is 3.65. The predicted molar refractivity (Wildman–Crippen MR) is 137 cm³/mol. The Hall–Kier alpha value is -2.67. The summed E-state index contributed by atoms with van der Waals surface area (Å²) in [6.45, 7) is 4.90. The third-order valence-corrected chi connectivity index (χ3v) is 7.89. The third-order valence-electron chi connectivity index (χ3n) is 5.23. The lowest BCUT2D eigenvalue weighted by Gasteiger charge is -2.19. The molecule has 160 valence electrons. The zero-order valence-corrected chi connectivity index (χ0v) is 20.0. The molecule has 0 bridgehead atoms. The molecule has 0 aromatic heterocycles. The van der Waals surface area contributed by atoms with E-state index in [4.69, 9.17) is 16.6 Å². The largest absolute Gasteiger partial charge is 0.334 e. The van der Waals surface area contributed by atoms with E-state index < -0.39 is 0 Å². The van der Waals surface area contributed by atoms with Gasteiger partial charge in [0.2, 0.25) is 0 Å². The molecule has 3 aromatic carbocycles. The molecule has 0 saturated carbocycles. The van der Waals surface area contributed by atoms with Crippen molar-refractivity contribution < 1.29 is 4.79 Å². The minimum absolute atomic E-state index is 0.0693. The topological polar surface area (TPSA) is 35.9 Å². The molecular formula is C25H20ClN3OS2. The van der Waals surface area contributed by atoms with Gasteiger partial charge in [-0.3, -0.25) is 9.69 Å². The molecule has 0 aliphatic carbocycles. The van der Waals surface area contributed by atoms with Crippen LogP contribution < -0.4 is 9.80 Å². The van der Waals surface area contributed by atoms with Crippen molar-refractivity contribution in [1.29, 1.82) is 0 Å². The van der Waals surface area contributed by atoms with E-state index >= 15 is 0 Å². The molecule has 1 saturated heterocycles. The molecule has 1 amide bonds. The van der Waals surface area contributed by atoms with Gasteiger partial charge in [-0.15, -0.1) is 0 Å². The highest BCUT2D eigenvalue weighted by Crippen LogP contribution is 2.51. The summed E-state index contributed by atoms with van der Waals surface area (Å²) in [6.07, 6.45) is 0. The van der Waals surface area contributed by atoms with Gasteiger partial charge >= 0.3 is 0 Å². The van der Waals surface area contributed by atoms with E-state index in [1.165, 1.54) is 11.8 Å². The van der Waals surface area contributed by atoms with Crippen LogP contribution in [0.15, 0.2) is 92.6 Å². The van der Waals surface area contributed by atoms with Gasteiger partial charge in [-0.2, -0.15) is 0 Å². The van der Waals surface area contributed by atoms with Gasteiger partial charge in [0, 0.05) is 11.4 Å². The van der Waals surface area contributed by atoms with Crippen LogP contribution in [0.4, 0.5) is 17.1 Å². The number of hydrogen-bond acceptors (Lipinski definition) is 5. The predicted octanol–water partition coefficient (Wildman–Crippen LogP) is 7.22. The molecule has 5 rings (SSSR count). The summed E-state index contributed by atoms with van der Waals surface area (Å²) in [6, 6.07) is 23.6. The number of carbonyl (C=O) groups is 1. The highest BCUT2D eigenvalue weighted by atomic mass is 35.5. The van der Waals surface area contributed by atoms with Gasteiger partial charge < -0.3 is 4.90 Å². The summed E-state index contributed by atoms with van der Waals surface area (Å²) in [5.74, 6) is -0.0693. The molecule has 2 aliphatic heterocycles. The normalized spacial score (nSPS) is 19.2. The van der Waals surface area contributed by atoms with E-state index in [-0.39, 0.29) is 5.91 Å². The molecule has 7 heteroatoms. The van der Waals surface area contributed by atoms with Crippen LogP contribution in [-0.2, 0) is 4.79 Å². The van der Waals surface area contributed by atoms with E-state index in [0.717, 1.165) is 33.4 Å². The van der Waals surface area contributed by atoms with Crippen LogP contribution in [0.3, 0.4) is 0 Å². The Bertz CT molecular complexity index is 1290. The maximum absolute atomic E-state index is 13.8. The number of amides is 1. The average Bonchev–Trinajstić information content (AvgIpc) is 3.32. The van der Waals surface area contributed by atoms with E-state index in [1.807, 2.05) is 61.5 Å². The fourth-order valence-electron chi connectivity index (χ4n) is 3.74. The van der Waals surface area contributed by atoms with Gasteiger partial charge in [0.25, 0.3) is 5.91 Å². The second kappa shape index (κ2) is 8.70. The Balaban J connectivity index is 1.65. The second-order valence-corrected chi connectivity index (χ2v) is 9.79. The SMILES string of the molecule is CCN1/C(=C2/SC(=Nc3ccccc3Cl)N(c3cccc(C)c3)C2=O)Sc2ccccc21. The van der Waals surface area contributed by atoms with Crippen molar-refractivity contribution in [2.24, 2.45) is 4.99 Å². The standard InChI is InChI=1S/C25H20ClN3OS2/c1-3-28-20-13-6-7-14-21(20)31-24(28)22-23(30)29(17-10-8-9-16(2)15-17)25(32-22)27-19-12-5-4-11-18(19)26/h4-15H,3H2,1-2H3/b24-22-,27-25?. The minimum Gasteiger partial charge on any atom is -0.334 e. The number of amidine groups is 1. The molecular weight excluding hydrogens is 458 g/mol. The number of nitrogens with zero attached hydrogens (tertiary/aromatic N) is 3. The van der Waals surface area contributed by atoms with Crippen molar-refractivity contribution in [3.8, 4) is 0 Å². The molecule has 0 unspecified atom stereocenters. The maximum Gasteiger partial charge on any atom is 0.274 e. The highest BCUT2D eigenvalue weighted by molar-refractivity contribution is 8.20. The van der Waals surface area contributed by atoms with Gasteiger partial charge in [0.15, 0.2) is 5.17 Å². The lowest BCUT2D eigenvalue weighted by atomic mass is 10.2. The molecule has 2 heterocycles. The highest BCUT2D eigenvalue weighted by Gasteiger charge is 2.40. The average molecular weight is 478 g/mol. The summed E-state index contributed by atoms with van der Waals surface area (Å²) in [7, 11) is 0. The lowest BCUT2D eigenvalue weighted by Crippen LogP contribution is -2.29. The number of carbonyl (C=O) groups excluding carboxylic acids is 1. The van der Waals surface area contributed by atoms with Crippen LogP contribution in [0.1, 0.15) is 12.5 Å². The van der Waals surface area contributed by atoms with Gasteiger partial charge in [-0.1, -0.05) is 59.8 Å². The van der Waals surface area contributed by atoms with Crippen molar-refractivity contribution in [3.05, 3.63) is 93.3 Å². The van der Waals surface area contributed by atoms with Crippen LogP contribution in [-0.4, -0.2) is 17.6 Å². The molecule has 0 atom stereocenters. The number of aryl methyl sites for hydroxylation is 1. The number of benzene rings is 3. The number of para-hydroxylation sites is 2. The summed E-state index contributed by atoms with van der Waals surface area (Å²) in [5, 5.41) is 2.10. The smallest absolute Gasteiger partial charge is 0.274 e. The molecule has 0 spiro atoms. The molecule has 2 aliphatic rings. The van der Waals surface area contributed by atoms with E-state index in [0.29, 0.717) is 20.8 Å². The first-order valence-electron chi connectivity index (χ1n) is 10.3. The third kappa shape index (κ3) is 3.72. The van der Waals surface area contributed by atoms with Gasteiger partial charge in [-0.05, 0) is 67.6 Å². The molecule has 0 N–H and O–H groups in total. The number of aliphatic imine (C=N–C) groups is 1. The van der Waals surface area contributed by atoms with Crippen molar-refractivity contribution in [3.63, 3.8) is 0 Å². The van der Waals surface area contributed by atoms with Crippen LogP contribution in [0.2, 0.25) is 5.02 Å². The minimum atomic E-state index is -0.0693. The first kappa shape index (κ1) is 21.2. The quantitative estimate of drug-likeness (QED) is 0.373. The lowest BCUT2D eigenvalue weighted by molar-refractivity contribution is -0.113. The molecule has 4 nitrogen and oxygen atoms in total. The van der Waals surface area contributed by atoms with Crippen molar-refractivity contribution in [2.75, 3.05) is 16.3 Å². The molecule has 1 fully saturated rings. The van der Waals surface area contributed by atoms with Crippen molar-refractivity contribution in [2.45, 2.75) is 18.7 Å². The summed E-state index contributed by atoms with van der Waals surface area (Å²) < 4.78 is 0. The van der Waals surface area contributed by atoms with E-state index in [9.17, 15) is 4.79 Å². The number of fused-ring (bicyclic) bond motifs is 1. The van der Waals surface area contributed by atoms with Crippen LogP contribution in [0, 0.1) is 6.92 Å². The number of hydrogen-bond donors (Lipinski definition) is 0. The Morgan fingerprint density at radius 2 is 1.75 bits per heavy atom. The van der Waals surface area contributed by atoms with Crippen LogP contribution in [0.25, 0.3) is 0 Å². The van der Waals surface area contributed by atoms with Gasteiger partial charge in [-0.25, -0.2) is 4.99 Å². The van der Waals surface area contributed by atoms with Crippen molar-refractivity contribution in [1.82, 2.24) is 0 Å². The Morgan fingerprint density at radius 3 is 2.53 bits per heavy atom. The summed E-state index contributed by atoms with van der Waals surface area (Å²) in [4.78, 5) is 24.3. The number of anilines is 2. The maximum atomic E-state index is 13.8. The molecule has 3 aromatic rings. The first-order valence-corrected chi connectivity index (χ1v) is 12.3. The van der Waals surface area contributed by atoms with Gasteiger partial charge in [0.05, 0.1) is 22.1 Å².